The van der Waals surface area contributed by atoms with E-state index in [1.54, 1.807) is 25.3 Å². The highest BCUT2D eigenvalue weighted by molar-refractivity contribution is 6.31. The van der Waals surface area contributed by atoms with E-state index in [0.29, 0.717) is 16.3 Å². The van der Waals surface area contributed by atoms with Crippen molar-refractivity contribution in [2.45, 2.75) is 39.8 Å². The molecule has 0 radical (unpaired) electrons. The molecule has 0 unspecified atom stereocenters. The Morgan fingerprint density at radius 1 is 1.42 bits per heavy atom. The number of aryl methyl sites for hydroxylation is 2. The number of Topliss-reactive ketones (excluding diaryl/α,β-unsaturated/α-hetero) is 1. The van der Waals surface area contributed by atoms with E-state index in [1.165, 1.54) is 5.56 Å². The molecule has 1 fully saturated rings. The van der Waals surface area contributed by atoms with Crippen molar-refractivity contribution in [3.8, 4) is 5.75 Å². The Labute approximate surface area is 159 Å². The molecule has 2 heterocycles. The zero-order valence-corrected chi connectivity index (χ0v) is 16.4. The van der Waals surface area contributed by atoms with Gasteiger partial charge in [-0.1, -0.05) is 11.6 Å². The first-order valence-corrected chi connectivity index (χ1v) is 9.52. The topological polar surface area (TPSA) is 47.4 Å². The summed E-state index contributed by atoms with van der Waals surface area (Å²) in [6.07, 6.45) is 4.03. The predicted molar refractivity (Wildman–Crippen MR) is 103 cm³/mol. The SMILES string of the molecule is CCn1cc(CN2CCC[C@H](C(=O)c3cc(Cl)ccc3OC)C2)c(C)n1. The predicted octanol–water partition coefficient (Wildman–Crippen LogP) is 3.97. The van der Waals surface area contributed by atoms with Gasteiger partial charge in [0, 0.05) is 42.3 Å². The quantitative estimate of drug-likeness (QED) is 0.717. The van der Waals surface area contributed by atoms with Crippen LogP contribution in [-0.4, -0.2) is 40.7 Å². The maximum Gasteiger partial charge on any atom is 0.170 e. The lowest BCUT2D eigenvalue weighted by Crippen LogP contribution is -2.38. The number of carbonyl (C=O) groups is 1. The average Bonchev–Trinajstić information content (AvgIpc) is 3.01. The van der Waals surface area contributed by atoms with Crippen LogP contribution >= 0.6 is 11.6 Å². The molecular formula is C20H26ClN3O2. The molecule has 1 aliphatic heterocycles. The molecule has 2 aromatic rings. The number of hydrogen-bond acceptors (Lipinski definition) is 4. The molecule has 0 N–H and O–H groups in total. The van der Waals surface area contributed by atoms with Crippen LogP contribution in [0.2, 0.25) is 5.02 Å². The van der Waals surface area contributed by atoms with Crippen LogP contribution in [0.3, 0.4) is 0 Å². The summed E-state index contributed by atoms with van der Waals surface area (Å²) in [7, 11) is 1.58. The number of aromatic nitrogens is 2. The zero-order chi connectivity index (χ0) is 18.7. The van der Waals surface area contributed by atoms with E-state index in [2.05, 4.69) is 23.1 Å². The van der Waals surface area contributed by atoms with Crippen LogP contribution in [0.4, 0.5) is 0 Å². The lowest BCUT2D eigenvalue weighted by atomic mass is 9.89. The van der Waals surface area contributed by atoms with E-state index in [1.807, 2.05) is 11.6 Å². The van der Waals surface area contributed by atoms with Gasteiger partial charge in [0.25, 0.3) is 0 Å². The van der Waals surface area contributed by atoms with Gasteiger partial charge in [-0.15, -0.1) is 0 Å². The number of piperidine rings is 1. The fraction of sp³-hybridized carbons (Fsp3) is 0.500. The van der Waals surface area contributed by atoms with Crippen LogP contribution in [0.1, 0.15) is 41.4 Å². The van der Waals surface area contributed by atoms with Crippen molar-refractivity contribution in [1.82, 2.24) is 14.7 Å². The van der Waals surface area contributed by atoms with Crippen molar-refractivity contribution in [2.75, 3.05) is 20.2 Å². The molecule has 6 heteroatoms. The molecule has 0 aliphatic carbocycles. The van der Waals surface area contributed by atoms with Gasteiger partial charge >= 0.3 is 0 Å². The van der Waals surface area contributed by atoms with Gasteiger partial charge in [-0.05, 0) is 51.4 Å². The van der Waals surface area contributed by atoms with E-state index in [0.717, 1.165) is 44.7 Å². The van der Waals surface area contributed by atoms with Crippen molar-refractivity contribution in [3.05, 3.63) is 46.2 Å². The number of likely N-dealkylation sites (tertiary alicyclic amines) is 1. The minimum absolute atomic E-state index is 0.0300. The molecule has 1 aliphatic rings. The van der Waals surface area contributed by atoms with Gasteiger partial charge < -0.3 is 4.74 Å². The molecule has 0 amide bonds. The van der Waals surface area contributed by atoms with E-state index in [-0.39, 0.29) is 11.7 Å². The Kier molecular flexibility index (Phi) is 5.99. The Bertz CT molecular complexity index is 787. The number of carbonyl (C=O) groups excluding carboxylic acids is 1. The minimum atomic E-state index is -0.0300. The summed E-state index contributed by atoms with van der Waals surface area (Å²) in [6, 6.07) is 5.23. The Balaban J connectivity index is 1.73. The summed E-state index contributed by atoms with van der Waals surface area (Å²) < 4.78 is 7.33. The number of methoxy groups -OCH3 is 1. The molecule has 3 rings (SSSR count). The number of benzene rings is 1. The second kappa shape index (κ2) is 8.23. The second-order valence-electron chi connectivity index (χ2n) is 6.88. The van der Waals surface area contributed by atoms with Crippen LogP contribution < -0.4 is 4.74 Å². The lowest BCUT2D eigenvalue weighted by Gasteiger charge is -2.32. The van der Waals surface area contributed by atoms with Crippen LogP contribution in [0.25, 0.3) is 0 Å². The van der Waals surface area contributed by atoms with Crippen molar-refractivity contribution >= 4 is 17.4 Å². The van der Waals surface area contributed by atoms with Gasteiger partial charge in [0.1, 0.15) is 5.75 Å². The van der Waals surface area contributed by atoms with Crippen molar-refractivity contribution in [3.63, 3.8) is 0 Å². The molecule has 0 spiro atoms. The molecule has 1 aromatic carbocycles. The van der Waals surface area contributed by atoms with E-state index in [4.69, 9.17) is 16.3 Å². The summed E-state index contributed by atoms with van der Waals surface area (Å²) >= 11 is 6.10. The Hall–Kier alpha value is -1.85. The number of ketones is 1. The Morgan fingerprint density at radius 2 is 2.23 bits per heavy atom. The zero-order valence-electron chi connectivity index (χ0n) is 15.7. The molecule has 140 valence electrons. The van der Waals surface area contributed by atoms with Gasteiger partial charge in [-0.3, -0.25) is 14.4 Å². The van der Waals surface area contributed by atoms with Crippen LogP contribution in [0, 0.1) is 12.8 Å². The van der Waals surface area contributed by atoms with E-state index in [9.17, 15) is 4.79 Å². The summed E-state index contributed by atoms with van der Waals surface area (Å²) in [4.78, 5) is 15.4. The van der Waals surface area contributed by atoms with Gasteiger partial charge in [0.2, 0.25) is 0 Å². The van der Waals surface area contributed by atoms with Gasteiger partial charge in [-0.25, -0.2) is 0 Å². The summed E-state index contributed by atoms with van der Waals surface area (Å²) in [6.45, 7) is 7.60. The average molecular weight is 376 g/mol. The van der Waals surface area contributed by atoms with Crippen LogP contribution in [0.5, 0.6) is 5.75 Å². The molecule has 26 heavy (non-hydrogen) atoms. The number of nitrogens with zero attached hydrogens (tertiary/aromatic N) is 3. The molecule has 1 atom stereocenters. The standard InChI is InChI=1S/C20H26ClN3O2/c1-4-24-13-16(14(2)22-24)12-23-9-5-6-15(11-23)20(25)18-10-17(21)7-8-19(18)26-3/h7-8,10,13,15H,4-6,9,11-12H2,1-3H3/t15-/m0/s1. The number of rotatable bonds is 6. The normalized spacial score (nSPS) is 18.1. The van der Waals surface area contributed by atoms with Crippen molar-refractivity contribution in [1.29, 1.82) is 0 Å². The molecular weight excluding hydrogens is 350 g/mol. The molecule has 1 saturated heterocycles. The first-order valence-electron chi connectivity index (χ1n) is 9.14. The largest absolute Gasteiger partial charge is 0.496 e. The fourth-order valence-electron chi connectivity index (χ4n) is 3.62. The molecule has 1 aromatic heterocycles. The highest BCUT2D eigenvalue weighted by Gasteiger charge is 2.29. The number of halogens is 1. The molecule has 5 nitrogen and oxygen atoms in total. The minimum Gasteiger partial charge on any atom is -0.496 e. The number of ether oxygens (including phenoxy) is 1. The summed E-state index contributed by atoms with van der Waals surface area (Å²) in [5, 5.41) is 5.08. The third-order valence-electron chi connectivity index (χ3n) is 5.07. The van der Waals surface area contributed by atoms with Gasteiger partial charge in [0.05, 0.1) is 18.4 Å². The van der Waals surface area contributed by atoms with Gasteiger partial charge in [-0.2, -0.15) is 5.10 Å². The molecule has 0 bridgehead atoms. The summed E-state index contributed by atoms with van der Waals surface area (Å²) in [5.74, 6) is 0.684. The van der Waals surface area contributed by atoms with Gasteiger partial charge in [0.15, 0.2) is 5.78 Å². The first-order chi connectivity index (χ1) is 12.5. The Morgan fingerprint density at radius 3 is 2.92 bits per heavy atom. The highest BCUT2D eigenvalue weighted by atomic mass is 35.5. The smallest absolute Gasteiger partial charge is 0.170 e. The van der Waals surface area contributed by atoms with Crippen molar-refractivity contribution < 1.29 is 9.53 Å². The monoisotopic (exact) mass is 375 g/mol. The third kappa shape index (κ3) is 4.10. The van der Waals surface area contributed by atoms with E-state index >= 15 is 0 Å². The third-order valence-corrected chi connectivity index (χ3v) is 5.30. The van der Waals surface area contributed by atoms with Crippen molar-refractivity contribution in [2.24, 2.45) is 5.92 Å². The van der Waals surface area contributed by atoms with Crippen LogP contribution in [0.15, 0.2) is 24.4 Å². The fourth-order valence-corrected chi connectivity index (χ4v) is 3.80. The van der Waals surface area contributed by atoms with Crippen LogP contribution in [-0.2, 0) is 13.1 Å². The lowest BCUT2D eigenvalue weighted by molar-refractivity contribution is 0.0808. The second-order valence-corrected chi connectivity index (χ2v) is 7.32. The summed E-state index contributed by atoms with van der Waals surface area (Å²) in [5.41, 5.74) is 2.89. The first kappa shape index (κ1) is 18.9. The maximum atomic E-state index is 13.1. The number of hydrogen-bond donors (Lipinski definition) is 0. The maximum absolute atomic E-state index is 13.1. The molecule has 0 saturated carbocycles. The van der Waals surface area contributed by atoms with E-state index < -0.39 is 0 Å². The highest BCUT2D eigenvalue weighted by Crippen LogP contribution is 2.29.